The van der Waals surface area contributed by atoms with E-state index >= 15 is 0 Å². The molecule has 0 bridgehead atoms. The second kappa shape index (κ2) is 5.23. The normalized spacial score (nSPS) is 11.8. The van der Waals surface area contributed by atoms with E-state index in [1.54, 1.807) is 12.1 Å². The van der Waals surface area contributed by atoms with Crippen LogP contribution in [0.5, 0.6) is 0 Å². The highest BCUT2D eigenvalue weighted by molar-refractivity contribution is 6.42. The second-order valence-electron chi connectivity index (χ2n) is 3.65. The smallest absolute Gasteiger partial charge is 0.0963 e. The van der Waals surface area contributed by atoms with Gasteiger partial charge in [0.15, 0.2) is 0 Å². The summed E-state index contributed by atoms with van der Waals surface area (Å²) in [5.41, 5.74) is 1.81. The van der Waals surface area contributed by atoms with Crippen molar-refractivity contribution < 1.29 is 0 Å². The van der Waals surface area contributed by atoms with E-state index < -0.39 is 0 Å². The Labute approximate surface area is 110 Å². The Hall–Kier alpha value is -1.49. The highest BCUT2D eigenvalue weighted by Gasteiger charge is 2.13. The molecular formula is C14H9Cl2N. The Morgan fingerprint density at radius 1 is 0.882 bits per heavy atom. The van der Waals surface area contributed by atoms with Crippen LogP contribution in [-0.2, 0) is 0 Å². The van der Waals surface area contributed by atoms with Crippen molar-refractivity contribution >= 4 is 23.2 Å². The van der Waals surface area contributed by atoms with Crippen LogP contribution < -0.4 is 0 Å². The molecule has 0 unspecified atom stereocenters. The third-order valence-electron chi connectivity index (χ3n) is 2.54. The van der Waals surface area contributed by atoms with E-state index in [1.807, 2.05) is 36.4 Å². The van der Waals surface area contributed by atoms with E-state index in [-0.39, 0.29) is 5.92 Å². The van der Waals surface area contributed by atoms with Gasteiger partial charge in [0.25, 0.3) is 0 Å². The molecule has 0 aromatic heterocycles. The fraction of sp³-hybridized carbons (Fsp3) is 0.0714. The van der Waals surface area contributed by atoms with E-state index in [9.17, 15) is 5.26 Å². The molecule has 0 aliphatic heterocycles. The van der Waals surface area contributed by atoms with Crippen molar-refractivity contribution in [2.75, 3.05) is 0 Å². The summed E-state index contributed by atoms with van der Waals surface area (Å²) in [5.74, 6) is -0.314. The van der Waals surface area contributed by atoms with Crippen LogP contribution in [0.2, 0.25) is 10.0 Å². The predicted octanol–water partition coefficient (Wildman–Crippen LogP) is 4.65. The molecule has 0 saturated carbocycles. The van der Waals surface area contributed by atoms with Crippen LogP contribution in [0.1, 0.15) is 17.0 Å². The molecule has 0 fully saturated rings. The number of nitriles is 1. The van der Waals surface area contributed by atoms with Crippen LogP contribution in [0.25, 0.3) is 0 Å². The highest BCUT2D eigenvalue weighted by atomic mass is 35.5. The zero-order valence-corrected chi connectivity index (χ0v) is 10.4. The Balaban J connectivity index is 2.44. The number of nitrogens with zero attached hydrogens (tertiary/aromatic N) is 1. The van der Waals surface area contributed by atoms with Gasteiger partial charge in [0, 0.05) is 0 Å². The van der Waals surface area contributed by atoms with E-state index in [0.717, 1.165) is 11.1 Å². The highest BCUT2D eigenvalue weighted by Crippen LogP contribution is 2.29. The lowest BCUT2D eigenvalue weighted by Gasteiger charge is -2.10. The molecule has 0 aliphatic rings. The van der Waals surface area contributed by atoms with Gasteiger partial charge in [0.1, 0.15) is 0 Å². The van der Waals surface area contributed by atoms with Crippen molar-refractivity contribution in [2.45, 2.75) is 5.92 Å². The SMILES string of the molecule is N#C[C@H](c1ccccc1)c1ccc(Cl)c(Cl)c1. The molecule has 1 atom stereocenters. The maximum Gasteiger partial charge on any atom is 0.0963 e. The van der Waals surface area contributed by atoms with Gasteiger partial charge in [-0.3, -0.25) is 0 Å². The second-order valence-corrected chi connectivity index (χ2v) is 4.46. The maximum atomic E-state index is 9.27. The molecule has 17 heavy (non-hydrogen) atoms. The third-order valence-corrected chi connectivity index (χ3v) is 3.28. The predicted molar refractivity (Wildman–Crippen MR) is 70.4 cm³/mol. The lowest BCUT2D eigenvalue weighted by Crippen LogP contribution is -1.97. The van der Waals surface area contributed by atoms with E-state index in [0.29, 0.717) is 10.0 Å². The number of rotatable bonds is 2. The molecular weight excluding hydrogens is 253 g/mol. The summed E-state index contributed by atoms with van der Waals surface area (Å²) in [6, 6.07) is 17.2. The van der Waals surface area contributed by atoms with Gasteiger partial charge in [0.05, 0.1) is 22.0 Å². The van der Waals surface area contributed by atoms with Gasteiger partial charge in [0.2, 0.25) is 0 Å². The zero-order valence-electron chi connectivity index (χ0n) is 8.90. The van der Waals surface area contributed by atoms with Gasteiger partial charge >= 0.3 is 0 Å². The average Bonchev–Trinajstić information content (AvgIpc) is 2.36. The first-order valence-electron chi connectivity index (χ1n) is 5.12. The van der Waals surface area contributed by atoms with Crippen LogP contribution >= 0.6 is 23.2 Å². The minimum absolute atomic E-state index is 0.314. The molecule has 2 aromatic carbocycles. The molecule has 0 spiro atoms. The molecule has 3 heteroatoms. The Bertz CT molecular complexity index is 558. The van der Waals surface area contributed by atoms with Crippen molar-refractivity contribution in [3.8, 4) is 6.07 Å². The van der Waals surface area contributed by atoms with E-state index in [1.165, 1.54) is 0 Å². The van der Waals surface area contributed by atoms with Crippen molar-refractivity contribution in [3.05, 3.63) is 69.7 Å². The Morgan fingerprint density at radius 2 is 1.59 bits per heavy atom. The number of benzene rings is 2. The van der Waals surface area contributed by atoms with Crippen molar-refractivity contribution in [1.82, 2.24) is 0 Å². The lowest BCUT2D eigenvalue weighted by atomic mass is 9.93. The number of hydrogen-bond acceptors (Lipinski definition) is 1. The van der Waals surface area contributed by atoms with Gasteiger partial charge in [-0.1, -0.05) is 59.6 Å². The van der Waals surface area contributed by atoms with Crippen molar-refractivity contribution in [1.29, 1.82) is 5.26 Å². The van der Waals surface area contributed by atoms with Crippen LogP contribution in [0.15, 0.2) is 48.5 Å². The molecule has 84 valence electrons. The standard InChI is InChI=1S/C14H9Cl2N/c15-13-7-6-11(8-14(13)16)12(9-17)10-4-2-1-3-5-10/h1-8,12H/t12-/m1/s1. The fourth-order valence-corrected chi connectivity index (χ4v) is 1.99. The summed E-state index contributed by atoms with van der Waals surface area (Å²) in [5, 5.41) is 10.2. The maximum absolute atomic E-state index is 9.27. The quantitative estimate of drug-likeness (QED) is 0.772. The fourth-order valence-electron chi connectivity index (χ4n) is 1.68. The van der Waals surface area contributed by atoms with E-state index in [4.69, 9.17) is 23.2 Å². The first kappa shape index (κ1) is 12.0. The minimum Gasteiger partial charge on any atom is -0.197 e. The lowest BCUT2D eigenvalue weighted by molar-refractivity contribution is 1.04. The Morgan fingerprint density at radius 3 is 2.18 bits per heavy atom. The van der Waals surface area contributed by atoms with Gasteiger partial charge in [-0.05, 0) is 23.3 Å². The molecule has 2 rings (SSSR count). The molecule has 2 aromatic rings. The Kier molecular flexibility index (Phi) is 3.68. The summed E-state index contributed by atoms with van der Waals surface area (Å²) in [6.07, 6.45) is 0. The molecule has 0 heterocycles. The van der Waals surface area contributed by atoms with Gasteiger partial charge in [-0.25, -0.2) is 0 Å². The van der Waals surface area contributed by atoms with Crippen molar-refractivity contribution in [2.24, 2.45) is 0 Å². The summed E-state index contributed by atoms with van der Waals surface area (Å²) in [6.45, 7) is 0. The van der Waals surface area contributed by atoms with Gasteiger partial charge in [-0.15, -0.1) is 0 Å². The molecule has 0 aliphatic carbocycles. The first-order valence-corrected chi connectivity index (χ1v) is 5.87. The summed E-state index contributed by atoms with van der Waals surface area (Å²) >= 11 is 11.8. The molecule has 0 N–H and O–H groups in total. The van der Waals surface area contributed by atoms with Gasteiger partial charge in [-0.2, -0.15) is 5.26 Å². The monoisotopic (exact) mass is 261 g/mol. The average molecular weight is 262 g/mol. The molecule has 0 saturated heterocycles. The van der Waals surface area contributed by atoms with Crippen molar-refractivity contribution in [3.63, 3.8) is 0 Å². The summed E-state index contributed by atoms with van der Waals surface area (Å²) < 4.78 is 0. The summed E-state index contributed by atoms with van der Waals surface area (Å²) in [7, 11) is 0. The third kappa shape index (κ3) is 2.61. The van der Waals surface area contributed by atoms with Gasteiger partial charge < -0.3 is 0 Å². The van der Waals surface area contributed by atoms with Crippen LogP contribution in [0.4, 0.5) is 0 Å². The van der Waals surface area contributed by atoms with E-state index in [2.05, 4.69) is 6.07 Å². The number of halogens is 2. The topological polar surface area (TPSA) is 23.8 Å². The first-order chi connectivity index (χ1) is 8.22. The van der Waals surface area contributed by atoms with Crippen LogP contribution in [0.3, 0.4) is 0 Å². The van der Waals surface area contributed by atoms with Crippen LogP contribution in [0, 0.1) is 11.3 Å². The van der Waals surface area contributed by atoms with Crippen LogP contribution in [-0.4, -0.2) is 0 Å². The summed E-state index contributed by atoms with van der Waals surface area (Å²) in [4.78, 5) is 0. The molecule has 0 amide bonds. The molecule has 0 radical (unpaired) electrons. The largest absolute Gasteiger partial charge is 0.197 e. The minimum atomic E-state index is -0.314. The molecule has 1 nitrogen and oxygen atoms in total. The zero-order chi connectivity index (χ0) is 12.3. The number of hydrogen-bond donors (Lipinski definition) is 0.